The quantitative estimate of drug-likeness (QED) is 0.312. The minimum Gasteiger partial charge on any atom is -0.492 e. The van der Waals surface area contributed by atoms with Gasteiger partial charge in [0.05, 0.1) is 19.1 Å². The van der Waals surface area contributed by atoms with Crippen molar-refractivity contribution in [3.8, 4) is 5.75 Å². The van der Waals surface area contributed by atoms with Crippen molar-refractivity contribution < 1.29 is 19.2 Å². The third-order valence-electron chi connectivity index (χ3n) is 2.86. The number of furan rings is 1. The van der Waals surface area contributed by atoms with Crippen LogP contribution in [0.2, 0.25) is 0 Å². The topological polar surface area (TPSA) is 83.7 Å². The second-order valence-electron chi connectivity index (χ2n) is 4.49. The van der Waals surface area contributed by atoms with Gasteiger partial charge in [-0.05, 0) is 36.4 Å². The van der Waals surface area contributed by atoms with E-state index in [-0.39, 0.29) is 10.9 Å². The molecule has 0 radical (unpaired) electrons. The summed E-state index contributed by atoms with van der Waals surface area (Å²) >= 11 is 4.89. The Hall–Kier alpha value is -2.64. The average molecular weight is 332 g/mol. The summed E-state index contributed by atoms with van der Waals surface area (Å²) in [6.45, 7) is 0.722. The van der Waals surface area contributed by atoms with Crippen LogP contribution in [0.5, 0.6) is 5.75 Å². The van der Waals surface area contributed by atoms with Crippen molar-refractivity contribution in [2.75, 3.05) is 13.2 Å². The van der Waals surface area contributed by atoms with Crippen LogP contribution in [0, 0.1) is 0 Å². The van der Waals surface area contributed by atoms with Crippen molar-refractivity contribution in [1.82, 2.24) is 10.8 Å². The van der Waals surface area contributed by atoms with Crippen LogP contribution in [-0.4, -0.2) is 29.3 Å². The molecule has 0 atom stereocenters. The summed E-state index contributed by atoms with van der Waals surface area (Å²) in [5.41, 5.74) is 3.43. The fourth-order valence-electron chi connectivity index (χ4n) is 1.71. The molecule has 2 aromatic rings. The number of hydrogen-bond donors (Lipinski definition) is 3. The number of carbonyl (C=O) groups excluding carboxylic acids is 1. The van der Waals surface area contributed by atoms with Gasteiger partial charge in [-0.1, -0.05) is 12.2 Å². The highest BCUT2D eigenvalue weighted by Crippen LogP contribution is 2.12. The number of nitrogens with one attached hydrogen (secondary N) is 2. The molecule has 0 unspecified atom stereocenters. The second-order valence-corrected chi connectivity index (χ2v) is 4.90. The predicted octanol–water partition coefficient (Wildman–Crippen LogP) is 2.14. The largest absolute Gasteiger partial charge is 0.492 e. The zero-order valence-corrected chi connectivity index (χ0v) is 13.0. The van der Waals surface area contributed by atoms with Crippen LogP contribution in [0.25, 0.3) is 6.08 Å². The molecule has 3 N–H and O–H groups in total. The zero-order chi connectivity index (χ0) is 16.5. The Labute approximate surface area is 138 Å². The maximum absolute atomic E-state index is 11.6. The molecule has 1 aromatic carbocycles. The van der Waals surface area contributed by atoms with Gasteiger partial charge >= 0.3 is 0 Å². The van der Waals surface area contributed by atoms with Gasteiger partial charge in [0.15, 0.2) is 0 Å². The molecule has 1 aromatic heterocycles. The highest BCUT2D eigenvalue weighted by molar-refractivity contribution is 7.80. The summed E-state index contributed by atoms with van der Waals surface area (Å²) in [5, 5.41) is 11.4. The molecule has 0 spiro atoms. The van der Waals surface area contributed by atoms with E-state index in [0.717, 1.165) is 5.56 Å². The Morgan fingerprint density at radius 1 is 1.30 bits per heavy atom. The molecular weight excluding hydrogens is 316 g/mol. The Morgan fingerprint density at radius 2 is 2.09 bits per heavy atom. The first-order valence-corrected chi connectivity index (χ1v) is 7.25. The van der Waals surface area contributed by atoms with Gasteiger partial charge < -0.3 is 14.5 Å². The first-order valence-electron chi connectivity index (χ1n) is 6.84. The first kappa shape index (κ1) is 16.7. The van der Waals surface area contributed by atoms with Crippen molar-refractivity contribution in [1.29, 1.82) is 0 Å². The summed E-state index contributed by atoms with van der Waals surface area (Å²) in [5.74, 6) is 0.446. The SMILES string of the molecule is O=C(/C=C/c1ccoc1)NCCOc1ccc(C(=S)NO)cc1. The van der Waals surface area contributed by atoms with Crippen molar-refractivity contribution >= 4 is 29.2 Å². The third-order valence-corrected chi connectivity index (χ3v) is 3.19. The smallest absolute Gasteiger partial charge is 0.244 e. The van der Waals surface area contributed by atoms with E-state index in [1.165, 1.54) is 6.08 Å². The number of carbonyl (C=O) groups is 1. The molecule has 23 heavy (non-hydrogen) atoms. The minimum absolute atomic E-state index is 0.204. The van der Waals surface area contributed by atoms with E-state index in [1.54, 1.807) is 48.9 Å². The molecule has 0 fully saturated rings. The van der Waals surface area contributed by atoms with Crippen LogP contribution < -0.4 is 15.5 Å². The lowest BCUT2D eigenvalue weighted by atomic mass is 10.2. The van der Waals surface area contributed by atoms with Gasteiger partial charge in [-0.3, -0.25) is 15.5 Å². The molecule has 0 bridgehead atoms. The molecule has 1 amide bonds. The van der Waals surface area contributed by atoms with E-state index in [4.69, 9.17) is 26.6 Å². The second kappa shape index (κ2) is 8.72. The Morgan fingerprint density at radius 3 is 2.74 bits per heavy atom. The van der Waals surface area contributed by atoms with Gasteiger partial charge in [0.25, 0.3) is 0 Å². The Bertz CT molecular complexity index is 666. The number of ether oxygens (including phenoxy) is 1. The molecule has 0 aliphatic rings. The van der Waals surface area contributed by atoms with Gasteiger partial charge in [0, 0.05) is 17.2 Å². The number of rotatable bonds is 7. The van der Waals surface area contributed by atoms with Gasteiger partial charge in [-0.2, -0.15) is 0 Å². The van der Waals surface area contributed by atoms with Crippen LogP contribution in [0.3, 0.4) is 0 Å². The molecule has 2 rings (SSSR count). The van der Waals surface area contributed by atoms with Crippen LogP contribution in [0.15, 0.2) is 53.4 Å². The number of hydroxylamine groups is 1. The summed E-state index contributed by atoms with van der Waals surface area (Å²) in [7, 11) is 0. The first-order chi connectivity index (χ1) is 11.2. The fraction of sp³-hybridized carbons (Fsp3) is 0.125. The molecular formula is C16H16N2O4S. The lowest BCUT2D eigenvalue weighted by Crippen LogP contribution is -2.26. The van der Waals surface area contributed by atoms with Gasteiger partial charge in [-0.15, -0.1) is 0 Å². The standard InChI is InChI=1S/C16H16N2O4S/c19-15(6-1-12-7-9-21-11-12)17-8-10-22-14-4-2-13(3-5-14)16(23)18-20/h1-7,9,11,20H,8,10H2,(H,17,19)(H,18,23)/b6-1+. The van der Waals surface area contributed by atoms with Crippen molar-refractivity contribution in [3.05, 3.63) is 60.1 Å². The zero-order valence-electron chi connectivity index (χ0n) is 12.2. The highest BCUT2D eigenvalue weighted by Gasteiger charge is 2.00. The Kier molecular flexibility index (Phi) is 6.34. The minimum atomic E-state index is -0.204. The van der Waals surface area contributed by atoms with Gasteiger partial charge in [-0.25, -0.2) is 0 Å². The van der Waals surface area contributed by atoms with Crippen LogP contribution >= 0.6 is 12.2 Å². The molecule has 0 saturated heterocycles. The summed E-state index contributed by atoms with van der Waals surface area (Å²) in [4.78, 5) is 11.8. The number of amides is 1. The molecule has 0 saturated carbocycles. The fourth-order valence-corrected chi connectivity index (χ4v) is 1.85. The predicted molar refractivity (Wildman–Crippen MR) is 89.3 cm³/mol. The number of hydrogen-bond acceptors (Lipinski definition) is 5. The van der Waals surface area contributed by atoms with E-state index >= 15 is 0 Å². The third kappa shape index (κ3) is 5.57. The van der Waals surface area contributed by atoms with E-state index in [1.807, 2.05) is 5.48 Å². The van der Waals surface area contributed by atoms with Crippen LogP contribution in [0.4, 0.5) is 0 Å². The van der Waals surface area contributed by atoms with E-state index in [0.29, 0.717) is 24.5 Å². The van der Waals surface area contributed by atoms with E-state index in [9.17, 15) is 4.79 Å². The monoisotopic (exact) mass is 332 g/mol. The molecule has 6 nitrogen and oxygen atoms in total. The maximum atomic E-state index is 11.6. The van der Waals surface area contributed by atoms with Gasteiger partial charge in [0.2, 0.25) is 5.91 Å². The average Bonchev–Trinajstić information content (AvgIpc) is 3.10. The highest BCUT2D eigenvalue weighted by atomic mass is 32.1. The summed E-state index contributed by atoms with van der Waals surface area (Å²) < 4.78 is 10.4. The number of thiocarbonyl (C=S) groups is 1. The summed E-state index contributed by atoms with van der Waals surface area (Å²) in [6, 6.07) is 8.69. The van der Waals surface area contributed by atoms with E-state index in [2.05, 4.69) is 5.32 Å². The van der Waals surface area contributed by atoms with Crippen LogP contribution in [0.1, 0.15) is 11.1 Å². The Balaban J connectivity index is 1.68. The molecule has 7 heteroatoms. The van der Waals surface area contributed by atoms with Crippen LogP contribution in [-0.2, 0) is 4.79 Å². The molecule has 0 aliphatic carbocycles. The molecule has 1 heterocycles. The van der Waals surface area contributed by atoms with Crippen molar-refractivity contribution in [3.63, 3.8) is 0 Å². The lowest BCUT2D eigenvalue weighted by molar-refractivity contribution is -0.116. The molecule has 0 aliphatic heterocycles. The molecule has 120 valence electrons. The number of benzene rings is 1. The van der Waals surface area contributed by atoms with E-state index < -0.39 is 0 Å². The van der Waals surface area contributed by atoms with Crippen molar-refractivity contribution in [2.45, 2.75) is 0 Å². The summed E-state index contributed by atoms with van der Waals surface area (Å²) in [6.07, 6.45) is 6.19. The normalized spacial score (nSPS) is 10.5. The maximum Gasteiger partial charge on any atom is 0.244 e. The van der Waals surface area contributed by atoms with Gasteiger partial charge in [0.1, 0.15) is 17.3 Å². The lowest BCUT2D eigenvalue weighted by Gasteiger charge is -2.07. The van der Waals surface area contributed by atoms with Crippen molar-refractivity contribution in [2.24, 2.45) is 0 Å².